The molecule has 0 fully saturated rings. The molecule has 2 aromatic carbocycles. The van der Waals surface area contributed by atoms with E-state index >= 15 is 0 Å². The molecule has 1 N–H and O–H groups in total. The maximum atomic E-state index is 13.3. The monoisotopic (exact) mass is 341 g/mol. The third kappa shape index (κ3) is 2.88. The summed E-state index contributed by atoms with van der Waals surface area (Å²) in [6.07, 6.45) is 0.800. The molecule has 128 valence electrons. The van der Waals surface area contributed by atoms with Crippen LogP contribution in [0.2, 0.25) is 0 Å². The normalized spacial score (nSPS) is 12.6. The molecule has 0 bridgehead atoms. The van der Waals surface area contributed by atoms with Gasteiger partial charge in [-0.05, 0) is 30.2 Å². The van der Waals surface area contributed by atoms with Gasteiger partial charge in [0.2, 0.25) is 18.6 Å². The molecule has 1 aliphatic rings. The van der Waals surface area contributed by atoms with E-state index in [9.17, 15) is 9.18 Å². The van der Waals surface area contributed by atoms with Gasteiger partial charge in [0, 0.05) is 19.5 Å². The van der Waals surface area contributed by atoms with Crippen molar-refractivity contribution in [3.05, 3.63) is 47.8 Å². The molecule has 25 heavy (non-hydrogen) atoms. The number of halogens is 1. The van der Waals surface area contributed by atoms with Crippen molar-refractivity contribution in [2.75, 3.05) is 12.1 Å². The Balaban J connectivity index is 1.46. The van der Waals surface area contributed by atoms with Gasteiger partial charge in [-0.2, -0.15) is 0 Å². The molecule has 7 heteroatoms. The van der Waals surface area contributed by atoms with Crippen LogP contribution in [0.25, 0.3) is 11.0 Å². The average Bonchev–Trinajstić information content (AvgIpc) is 3.18. The smallest absolute Gasteiger partial charge is 0.231 e. The molecular formula is C18H16FN3O3. The van der Waals surface area contributed by atoms with E-state index in [1.807, 2.05) is 18.2 Å². The van der Waals surface area contributed by atoms with Gasteiger partial charge in [0.25, 0.3) is 0 Å². The molecule has 6 nitrogen and oxygen atoms in total. The summed E-state index contributed by atoms with van der Waals surface area (Å²) in [6, 6.07) is 9.98. The molecule has 1 aromatic heterocycles. The Morgan fingerprint density at radius 3 is 3.08 bits per heavy atom. The zero-order valence-electron chi connectivity index (χ0n) is 13.6. The number of carbonyl (C=O) groups is 1. The number of amides is 1. The average molecular weight is 341 g/mol. The van der Waals surface area contributed by atoms with E-state index in [-0.39, 0.29) is 24.9 Å². The van der Waals surface area contributed by atoms with Crippen molar-refractivity contribution < 1.29 is 18.7 Å². The molecule has 1 aliphatic heterocycles. The SMILES string of the molecule is Cn1c(NC(=O)CCc2cccc3c2OCO3)nc2cc(F)ccc21. The number of ether oxygens (including phenoxy) is 2. The fraction of sp³-hybridized carbons (Fsp3) is 0.222. The van der Waals surface area contributed by atoms with Crippen LogP contribution in [0.5, 0.6) is 11.5 Å². The van der Waals surface area contributed by atoms with E-state index in [4.69, 9.17) is 9.47 Å². The fourth-order valence-electron chi connectivity index (χ4n) is 2.91. The summed E-state index contributed by atoms with van der Waals surface area (Å²) < 4.78 is 25.8. The van der Waals surface area contributed by atoms with Gasteiger partial charge >= 0.3 is 0 Å². The minimum Gasteiger partial charge on any atom is -0.454 e. The highest BCUT2D eigenvalue weighted by Gasteiger charge is 2.18. The van der Waals surface area contributed by atoms with Gasteiger partial charge in [0.05, 0.1) is 11.0 Å². The summed E-state index contributed by atoms with van der Waals surface area (Å²) in [7, 11) is 1.78. The van der Waals surface area contributed by atoms with E-state index in [1.54, 1.807) is 17.7 Å². The Bertz CT molecular complexity index is 968. The molecule has 4 rings (SSSR count). The van der Waals surface area contributed by atoms with Gasteiger partial charge in [-0.1, -0.05) is 12.1 Å². The van der Waals surface area contributed by atoms with Crippen LogP contribution in [0.15, 0.2) is 36.4 Å². The third-order valence-electron chi connectivity index (χ3n) is 4.19. The van der Waals surface area contributed by atoms with Crippen molar-refractivity contribution in [2.24, 2.45) is 7.05 Å². The van der Waals surface area contributed by atoms with Crippen LogP contribution in [0.1, 0.15) is 12.0 Å². The molecule has 0 unspecified atom stereocenters. The molecule has 1 amide bonds. The summed E-state index contributed by atoms with van der Waals surface area (Å²) in [6.45, 7) is 0.203. The van der Waals surface area contributed by atoms with E-state index < -0.39 is 0 Å². The lowest BCUT2D eigenvalue weighted by Crippen LogP contribution is -2.15. The van der Waals surface area contributed by atoms with Crippen LogP contribution in [0.4, 0.5) is 10.3 Å². The first kappa shape index (κ1) is 15.4. The molecular weight excluding hydrogens is 325 g/mol. The zero-order chi connectivity index (χ0) is 17.4. The Hall–Kier alpha value is -3.09. The lowest BCUT2D eigenvalue weighted by atomic mass is 10.1. The number of fused-ring (bicyclic) bond motifs is 2. The number of para-hydroxylation sites is 1. The Morgan fingerprint density at radius 2 is 2.20 bits per heavy atom. The number of benzene rings is 2. The largest absolute Gasteiger partial charge is 0.454 e. The van der Waals surface area contributed by atoms with Crippen molar-refractivity contribution in [2.45, 2.75) is 12.8 Å². The molecule has 0 atom stereocenters. The number of nitrogens with one attached hydrogen (secondary N) is 1. The van der Waals surface area contributed by atoms with E-state index in [0.29, 0.717) is 29.4 Å². The lowest BCUT2D eigenvalue weighted by molar-refractivity contribution is -0.116. The second-order valence-corrected chi connectivity index (χ2v) is 5.83. The maximum Gasteiger partial charge on any atom is 0.231 e. The van der Waals surface area contributed by atoms with Crippen LogP contribution >= 0.6 is 0 Å². The highest BCUT2D eigenvalue weighted by atomic mass is 19.1. The Kier molecular flexibility index (Phi) is 3.76. The number of rotatable bonds is 4. The number of aromatic nitrogens is 2. The third-order valence-corrected chi connectivity index (χ3v) is 4.19. The molecule has 0 spiro atoms. The van der Waals surface area contributed by atoms with Gasteiger partial charge in [0.15, 0.2) is 11.5 Å². The number of imidazole rings is 1. The standard InChI is InChI=1S/C18H16FN3O3/c1-22-14-7-6-12(19)9-13(14)20-18(22)21-16(23)8-5-11-3-2-4-15-17(11)25-10-24-15/h2-4,6-7,9H,5,8,10H2,1H3,(H,20,21,23). The highest BCUT2D eigenvalue weighted by molar-refractivity contribution is 5.91. The summed E-state index contributed by atoms with van der Waals surface area (Å²) in [4.78, 5) is 16.5. The summed E-state index contributed by atoms with van der Waals surface area (Å²) >= 11 is 0. The van der Waals surface area contributed by atoms with Crippen LogP contribution in [-0.4, -0.2) is 22.3 Å². The van der Waals surface area contributed by atoms with Gasteiger partial charge < -0.3 is 14.0 Å². The Labute approximate surface area is 143 Å². The van der Waals surface area contributed by atoms with Gasteiger partial charge in [-0.25, -0.2) is 9.37 Å². The zero-order valence-corrected chi connectivity index (χ0v) is 13.6. The van der Waals surface area contributed by atoms with Crippen LogP contribution in [0.3, 0.4) is 0 Å². The second kappa shape index (κ2) is 6.08. The van der Waals surface area contributed by atoms with Gasteiger partial charge in [-0.3, -0.25) is 10.1 Å². The minimum atomic E-state index is -0.358. The minimum absolute atomic E-state index is 0.171. The molecule has 0 saturated heterocycles. The molecule has 3 aromatic rings. The second-order valence-electron chi connectivity index (χ2n) is 5.83. The van der Waals surface area contributed by atoms with Crippen LogP contribution in [-0.2, 0) is 18.3 Å². The fourth-order valence-corrected chi connectivity index (χ4v) is 2.91. The number of carbonyl (C=O) groups excluding carboxylic acids is 1. The van der Waals surface area contributed by atoms with Crippen LogP contribution in [0, 0.1) is 5.82 Å². The summed E-state index contributed by atoms with van der Waals surface area (Å²) in [5.41, 5.74) is 2.18. The van der Waals surface area contributed by atoms with Crippen LogP contribution < -0.4 is 14.8 Å². The van der Waals surface area contributed by atoms with Gasteiger partial charge in [-0.15, -0.1) is 0 Å². The maximum absolute atomic E-state index is 13.3. The van der Waals surface area contributed by atoms with E-state index in [0.717, 1.165) is 11.1 Å². The van der Waals surface area contributed by atoms with Crippen molar-refractivity contribution >= 4 is 22.9 Å². The predicted octanol–water partition coefficient (Wildman–Crippen LogP) is 3.01. The number of hydrogen-bond acceptors (Lipinski definition) is 4. The van der Waals surface area contributed by atoms with Crippen molar-refractivity contribution in [3.8, 4) is 11.5 Å². The van der Waals surface area contributed by atoms with Crippen molar-refractivity contribution in [1.82, 2.24) is 9.55 Å². The predicted molar refractivity (Wildman–Crippen MR) is 90.2 cm³/mol. The summed E-state index contributed by atoms with van der Waals surface area (Å²) in [5.74, 6) is 1.27. The topological polar surface area (TPSA) is 65.4 Å². The van der Waals surface area contributed by atoms with Gasteiger partial charge in [0.1, 0.15) is 5.82 Å². The van der Waals surface area contributed by atoms with Crippen molar-refractivity contribution in [1.29, 1.82) is 0 Å². The first-order valence-corrected chi connectivity index (χ1v) is 7.91. The molecule has 0 radical (unpaired) electrons. The molecule has 0 aliphatic carbocycles. The van der Waals surface area contributed by atoms with Crippen molar-refractivity contribution in [3.63, 3.8) is 0 Å². The van der Waals surface area contributed by atoms with E-state index in [1.165, 1.54) is 12.1 Å². The number of anilines is 1. The number of hydrogen-bond donors (Lipinski definition) is 1. The van der Waals surface area contributed by atoms with E-state index in [2.05, 4.69) is 10.3 Å². The quantitative estimate of drug-likeness (QED) is 0.792. The first-order chi connectivity index (χ1) is 12.1. The molecule has 0 saturated carbocycles. The summed E-state index contributed by atoms with van der Waals surface area (Å²) in [5, 5.41) is 2.78. The highest BCUT2D eigenvalue weighted by Crippen LogP contribution is 2.35. The number of nitrogens with zero attached hydrogens (tertiary/aromatic N) is 2. The lowest BCUT2D eigenvalue weighted by Gasteiger charge is -2.07. The Morgan fingerprint density at radius 1 is 1.32 bits per heavy atom. The number of aryl methyl sites for hydroxylation is 2. The first-order valence-electron chi connectivity index (χ1n) is 7.91. The molecule has 2 heterocycles.